The van der Waals surface area contributed by atoms with Crippen molar-refractivity contribution in [1.29, 1.82) is 0 Å². The summed E-state index contributed by atoms with van der Waals surface area (Å²) in [4.78, 5) is 14.3. The van der Waals surface area contributed by atoms with Crippen molar-refractivity contribution in [3.8, 4) is 0 Å². The number of sulfone groups is 1. The Bertz CT molecular complexity index is 642. The van der Waals surface area contributed by atoms with Crippen LogP contribution in [-0.4, -0.2) is 49.9 Å². The van der Waals surface area contributed by atoms with Crippen LogP contribution in [0.3, 0.4) is 0 Å². The quantitative estimate of drug-likeness (QED) is 0.813. The Morgan fingerprint density at radius 3 is 2.71 bits per heavy atom. The summed E-state index contributed by atoms with van der Waals surface area (Å²) in [5.41, 5.74) is 2.44. The first-order chi connectivity index (χ1) is 10.1. The minimum Gasteiger partial charge on any atom is -0.340 e. The van der Waals surface area contributed by atoms with Crippen LogP contribution in [-0.2, 0) is 27.6 Å². The molecule has 5 nitrogen and oxygen atoms in total. The number of hydrogen-bond acceptors (Lipinski definition) is 4. The van der Waals surface area contributed by atoms with E-state index in [0.29, 0.717) is 32.5 Å². The molecule has 3 rings (SSSR count). The van der Waals surface area contributed by atoms with E-state index in [-0.39, 0.29) is 23.5 Å². The molecule has 6 heteroatoms. The number of carbonyl (C=O) groups is 1. The van der Waals surface area contributed by atoms with Crippen LogP contribution in [0.2, 0.25) is 0 Å². The predicted octanol–water partition coefficient (Wildman–Crippen LogP) is 0.348. The van der Waals surface area contributed by atoms with E-state index in [9.17, 15) is 13.2 Å². The summed E-state index contributed by atoms with van der Waals surface area (Å²) in [5, 5.41) is 3.27. The van der Waals surface area contributed by atoms with Gasteiger partial charge in [-0.3, -0.25) is 4.79 Å². The lowest BCUT2D eigenvalue weighted by Gasteiger charge is -2.30. The van der Waals surface area contributed by atoms with Gasteiger partial charge in [-0.1, -0.05) is 24.3 Å². The Balaban J connectivity index is 1.69. The van der Waals surface area contributed by atoms with Gasteiger partial charge in [-0.15, -0.1) is 0 Å². The second-order valence-corrected chi connectivity index (χ2v) is 8.04. The third kappa shape index (κ3) is 3.27. The van der Waals surface area contributed by atoms with Crippen LogP contribution in [0.1, 0.15) is 17.5 Å². The molecule has 0 saturated carbocycles. The van der Waals surface area contributed by atoms with E-state index in [1.165, 1.54) is 11.1 Å². The first kappa shape index (κ1) is 14.5. The molecule has 1 aromatic rings. The third-order valence-electron chi connectivity index (χ3n) is 4.25. The van der Waals surface area contributed by atoms with E-state index >= 15 is 0 Å². The average molecular weight is 308 g/mol. The van der Waals surface area contributed by atoms with Crippen LogP contribution >= 0.6 is 0 Å². The van der Waals surface area contributed by atoms with Gasteiger partial charge in [0.2, 0.25) is 5.91 Å². The number of nitrogens with zero attached hydrogens (tertiary/aromatic N) is 1. The molecular weight excluding hydrogens is 288 g/mol. The highest BCUT2D eigenvalue weighted by molar-refractivity contribution is 7.91. The first-order valence-corrected chi connectivity index (χ1v) is 9.17. The Morgan fingerprint density at radius 1 is 1.14 bits per heavy atom. The van der Waals surface area contributed by atoms with E-state index in [1.807, 2.05) is 12.1 Å². The highest BCUT2D eigenvalue weighted by atomic mass is 32.2. The van der Waals surface area contributed by atoms with Gasteiger partial charge in [0.05, 0.1) is 17.5 Å². The molecule has 2 aliphatic rings. The van der Waals surface area contributed by atoms with Crippen molar-refractivity contribution in [2.24, 2.45) is 0 Å². The van der Waals surface area contributed by atoms with Crippen molar-refractivity contribution in [3.63, 3.8) is 0 Å². The van der Waals surface area contributed by atoms with Gasteiger partial charge < -0.3 is 10.2 Å². The van der Waals surface area contributed by atoms with Gasteiger partial charge in [0.15, 0.2) is 9.84 Å². The number of fused-ring (bicyclic) bond motifs is 1. The summed E-state index contributed by atoms with van der Waals surface area (Å²) in [6.07, 6.45) is 1.22. The number of rotatable bonds is 1. The summed E-state index contributed by atoms with van der Waals surface area (Å²) < 4.78 is 23.3. The standard InChI is InChI=1S/C15H20N2O3S/c18-15(17-6-3-8-21(19,20)9-7-17)14-10-12-4-1-2-5-13(12)11-16-14/h1-2,4-5,14,16H,3,6-11H2/t14-/m0/s1. The van der Waals surface area contributed by atoms with Gasteiger partial charge in [-0.25, -0.2) is 8.42 Å². The number of amides is 1. The summed E-state index contributed by atoms with van der Waals surface area (Å²) >= 11 is 0. The Morgan fingerprint density at radius 2 is 1.90 bits per heavy atom. The number of nitrogens with one attached hydrogen (secondary N) is 1. The maximum Gasteiger partial charge on any atom is 0.240 e. The molecular formula is C15H20N2O3S. The minimum atomic E-state index is -2.98. The number of carbonyl (C=O) groups excluding carboxylic acids is 1. The molecule has 0 aliphatic carbocycles. The Labute approximate surface area is 125 Å². The molecule has 0 unspecified atom stereocenters. The lowest BCUT2D eigenvalue weighted by molar-refractivity contribution is -0.133. The summed E-state index contributed by atoms with van der Waals surface area (Å²) in [5.74, 6) is 0.307. The van der Waals surface area contributed by atoms with Gasteiger partial charge in [0.1, 0.15) is 0 Å². The van der Waals surface area contributed by atoms with Gasteiger partial charge in [0, 0.05) is 19.6 Å². The van der Waals surface area contributed by atoms with Crippen molar-refractivity contribution < 1.29 is 13.2 Å². The van der Waals surface area contributed by atoms with Gasteiger partial charge in [-0.05, 0) is 24.0 Å². The fraction of sp³-hybridized carbons (Fsp3) is 0.533. The lowest BCUT2D eigenvalue weighted by Crippen LogP contribution is -2.50. The van der Waals surface area contributed by atoms with Gasteiger partial charge in [0.25, 0.3) is 0 Å². The topological polar surface area (TPSA) is 66.5 Å². The van der Waals surface area contributed by atoms with Crippen LogP contribution in [0.4, 0.5) is 0 Å². The highest BCUT2D eigenvalue weighted by Crippen LogP contribution is 2.18. The summed E-state index contributed by atoms with van der Waals surface area (Å²) in [7, 11) is -2.98. The fourth-order valence-corrected chi connectivity index (χ4v) is 4.28. The van der Waals surface area contributed by atoms with E-state index in [4.69, 9.17) is 0 Å². The second-order valence-electron chi connectivity index (χ2n) is 5.74. The first-order valence-electron chi connectivity index (χ1n) is 7.34. The van der Waals surface area contributed by atoms with Crippen molar-refractivity contribution in [2.75, 3.05) is 24.6 Å². The van der Waals surface area contributed by atoms with Gasteiger partial charge in [-0.2, -0.15) is 0 Å². The van der Waals surface area contributed by atoms with Crippen LogP contribution in [0, 0.1) is 0 Å². The maximum absolute atomic E-state index is 12.6. The molecule has 1 saturated heterocycles. The Hall–Kier alpha value is -1.40. The third-order valence-corrected chi connectivity index (χ3v) is 5.96. The number of hydrogen-bond donors (Lipinski definition) is 1. The zero-order chi connectivity index (χ0) is 14.9. The van der Waals surface area contributed by atoms with Crippen molar-refractivity contribution in [2.45, 2.75) is 25.4 Å². The van der Waals surface area contributed by atoms with Crippen LogP contribution in [0.5, 0.6) is 0 Å². The molecule has 1 atom stereocenters. The molecule has 0 radical (unpaired) electrons. The SMILES string of the molecule is O=C([C@@H]1Cc2ccccc2CN1)N1CCCS(=O)(=O)CC1. The molecule has 1 amide bonds. The monoisotopic (exact) mass is 308 g/mol. The molecule has 1 aromatic carbocycles. The van der Waals surface area contributed by atoms with E-state index in [1.54, 1.807) is 4.90 Å². The normalized spacial score (nSPS) is 25.0. The molecule has 0 aromatic heterocycles. The summed E-state index contributed by atoms with van der Waals surface area (Å²) in [6.45, 7) is 1.55. The van der Waals surface area contributed by atoms with Crippen LogP contribution < -0.4 is 5.32 Å². The lowest BCUT2D eigenvalue weighted by atomic mass is 9.95. The molecule has 0 bridgehead atoms. The fourth-order valence-electron chi connectivity index (χ4n) is 3.01. The van der Waals surface area contributed by atoms with E-state index in [2.05, 4.69) is 17.4 Å². The van der Waals surface area contributed by atoms with Gasteiger partial charge >= 0.3 is 0 Å². The van der Waals surface area contributed by atoms with Crippen LogP contribution in [0.15, 0.2) is 24.3 Å². The Kier molecular flexibility index (Phi) is 3.99. The molecule has 1 N–H and O–H groups in total. The van der Waals surface area contributed by atoms with Crippen LogP contribution in [0.25, 0.3) is 0 Å². The largest absolute Gasteiger partial charge is 0.340 e. The molecule has 1 fully saturated rings. The number of benzene rings is 1. The van der Waals surface area contributed by atoms with Crippen molar-refractivity contribution in [3.05, 3.63) is 35.4 Å². The zero-order valence-corrected chi connectivity index (χ0v) is 12.7. The second kappa shape index (κ2) is 5.77. The van der Waals surface area contributed by atoms with E-state index < -0.39 is 9.84 Å². The van der Waals surface area contributed by atoms with Crippen molar-refractivity contribution in [1.82, 2.24) is 10.2 Å². The molecule has 114 valence electrons. The van der Waals surface area contributed by atoms with E-state index in [0.717, 1.165) is 0 Å². The molecule has 2 aliphatic heterocycles. The zero-order valence-electron chi connectivity index (χ0n) is 11.9. The smallest absolute Gasteiger partial charge is 0.240 e. The molecule has 2 heterocycles. The molecule has 0 spiro atoms. The minimum absolute atomic E-state index is 0.0293. The van der Waals surface area contributed by atoms with Crippen molar-refractivity contribution >= 4 is 15.7 Å². The molecule has 21 heavy (non-hydrogen) atoms. The summed E-state index contributed by atoms with van der Waals surface area (Å²) in [6, 6.07) is 7.89. The highest BCUT2D eigenvalue weighted by Gasteiger charge is 2.30. The maximum atomic E-state index is 12.6. The predicted molar refractivity (Wildman–Crippen MR) is 80.6 cm³/mol. The average Bonchev–Trinajstić information content (AvgIpc) is 2.67.